The third kappa shape index (κ3) is 3.45. The average molecular weight is 351 g/mol. The number of carbonyl (C=O) groups is 1. The highest BCUT2D eigenvalue weighted by Crippen LogP contribution is 2.27. The van der Waals surface area contributed by atoms with Crippen molar-refractivity contribution in [2.24, 2.45) is 5.92 Å². The summed E-state index contributed by atoms with van der Waals surface area (Å²) in [5.41, 5.74) is 0.882. The highest BCUT2D eigenvalue weighted by Gasteiger charge is 2.21. The summed E-state index contributed by atoms with van der Waals surface area (Å²) >= 11 is 2.85. The molecule has 2 aromatic heterocycles. The molecular formula is C16H21N3O2S2. The molecule has 1 saturated heterocycles. The van der Waals surface area contributed by atoms with Crippen LogP contribution in [0.3, 0.4) is 0 Å². The van der Waals surface area contributed by atoms with Crippen LogP contribution in [0.25, 0.3) is 10.2 Å². The molecule has 0 aliphatic carbocycles. The Kier molecular flexibility index (Phi) is 4.77. The van der Waals surface area contributed by atoms with Gasteiger partial charge in [0.05, 0.1) is 11.1 Å². The van der Waals surface area contributed by atoms with Gasteiger partial charge >= 0.3 is 0 Å². The first-order valence-corrected chi connectivity index (χ1v) is 9.66. The zero-order chi connectivity index (χ0) is 16.6. The van der Waals surface area contributed by atoms with Crippen LogP contribution in [0.1, 0.15) is 30.2 Å². The number of rotatable bonds is 3. The number of H-pyrrole nitrogens is 1. The zero-order valence-corrected chi connectivity index (χ0v) is 15.3. The number of nitrogens with zero attached hydrogens (tertiary/aromatic N) is 2. The predicted molar refractivity (Wildman–Crippen MR) is 95.4 cm³/mol. The number of fused-ring (bicyclic) bond motifs is 1. The summed E-state index contributed by atoms with van der Waals surface area (Å²) < 4.78 is 0. The number of likely N-dealkylation sites (tertiary alicyclic amines) is 1. The van der Waals surface area contributed by atoms with Gasteiger partial charge in [0.2, 0.25) is 5.91 Å². The molecule has 124 valence electrons. The van der Waals surface area contributed by atoms with Crippen molar-refractivity contribution in [3.63, 3.8) is 0 Å². The number of thioether (sulfide) groups is 1. The first kappa shape index (κ1) is 16.5. The van der Waals surface area contributed by atoms with Gasteiger partial charge in [-0.2, -0.15) is 0 Å². The fourth-order valence-corrected chi connectivity index (χ4v) is 4.79. The van der Waals surface area contributed by atoms with Crippen LogP contribution in [-0.4, -0.2) is 39.6 Å². The molecule has 0 aromatic carbocycles. The van der Waals surface area contributed by atoms with Crippen molar-refractivity contribution in [2.45, 2.75) is 38.8 Å². The lowest BCUT2D eigenvalue weighted by atomic mass is 10.0. The van der Waals surface area contributed by atoms with E-state index in [0.29, 0.717) is 22.2 Å². The quantitative estimate of drug-likeness (QED) is 0.682. The third-order valence-electron chi connectivity index (χ3n) is 4.36. The fourth-order valence-electron chi connectivity index (χ4n) is 2.94. The summed E-state index contributed by atoms with van der Waals surface area (Å²) in [7, 11) is 0. The smallest absolute Gasteiger partial charge is 0.260 e. The highest BCUT2D eigenvalue weighted by molar-refractivity contribution is 7.99. The van der Waals surface area contributed by atoms with Crippen LogP contribution < -0.4 is 5.56 Å². The van der Waals surface area contributed by atoms with E-state index in [2.05, 4.69) is 16.9 Å². The Bertz CT molecular complexity index is 796. The first-order chi connectivity index (χ1) is 11.0. The molecule has 5 nitrogen and oxygen atoms in total. The van der Waals surface area contributed by atoms with Crippen molar-refractivity contribution in [2.75, 3.05) is 18.8 Å². The number of thiophene rings is 1. The number of nitrogens with one attached hydrogen (secondary N) is 1. The lowest BCUT2D eigenvalue weighted by molar-refractivity contribution is -0.130. The molecule has 1 aliphatic heterocycles. The van der Waals surface area contributed by atoms with E-state index in [4.69, 9.17) is 0 Å². The Hall–Kier alpha value is -1.34. The molecule has 0 spiro atoms. The van der Waals surface area contributed by atoms with Gasteiger partial charge in [0, 0.05) is 18.0 Å². The zero-order valence-electron chi connectivity index (χ0n) is 13.6. The second kappa shape index (κ2) is 6.65. The molecule has 1 N–H and O–H groups in total. The number of hydrogen-bond donors (Lipinski definition) is 1. The number of aromatic amines is 1. The molecular weight excluding hydrogens is 330 g/mol. The van der Waals surface area contributed by atoms with Crippen molar-refractivity contribution in [1.29, 1.82) is 0 Å². The molecule has 1 atom stereocenters. The van der Waals surface area contributed by atoms with Gasteiger partial charge in [-0.1, -0.05) is 18.7 Å². The van der Waals surface area contributed by atoms with Crippen molar-refractivity contribution < 1.29 is 4.79 Å². The molecule has 0 saturated carbocycles. The summed E-state index contributed by atoms with van der Waals surface area (Å²) in [6.45, 7) is 7.80. The maximum Gasteiger partial charge on any atom is 0.260 e. The van der Waals surface area contributed by atoms with Crippen LogP contribution in [0.5, 0.6) is 0 Å². The first-order valence-electron chi connectivity index (χ1n) is 7.86. The molecule has 2 aromatic rings. The molecule has 1 amide bonds. The fraction of sp³-hybridized carbons (Fsp3) is 0.562. The lowest BCUT2D eigenvalue weighted by Gasteiger charge is -2.30. The maximum absolute atomic E-state index is 12.3. The van der Waals surface area contributed by atoms with Crippen LogP contribution in [0.15, 0.2) is 9.95 Å². The van der Waals surface area contributed by atoms with Gasteiger partial charge in [-0.15, -0.1) is 11.3 Å². The minimum atomic E-state index is -0.113. The number of piperidine rings is 1. The van der Waals surface area contributed by atoms with E-state index in [0.717, 1.165) is 34.8 Å². The summed E-state index contributed by atoms with van der Waals surface area (Å²) in [5.74, 6) is 1.02. The SMILES string of the molecule is Cc1sc2nc(SCC(=O)N3CCC[C@H](C)C3)[nH]c(=O)c2c1C. The molecule has 1 aliphatic rings. The van der Waals surface area contributed by atoms with E-state index >= 15 is 0 Å². The minimum Gasteiger partial charge on any atom is -0.342 e. The van der Waals surface area contributed by atoms with Gasteiger partial charge < -0.3 is 9.88 Å². The van der Waals surface area contributed by atoms with E-state index < -0.39 is 0 Å². The van der Waals surface area contributed by atoms with Crippen LogP contribution in [-0.2, 0) is 4.79 Å². The van der Waals surface area contributed by atoms with Crippen LogP contribution >= 0.6 is 23.1 Å². The second-order valence-electron chi connectivity index (χ2n) is 6.21. The van der Waals surface area contributed by atoms with E-state index in [9.17, 15) is 9.59 Å². The maximum atomic E-state index is 12.3. The molecule has 7 heteroatoms. The normalized spacial score (nSPS) is 18.6. The van der Waals surface area contributed by atoms with Gasteiger partial charge in [-0.25, -0.2) is 4.98 Å². The number of carbonyl (C=O) groups excluding carboxylic acids is 1. The van der Waals surface area contributed by atoms with Gasteiger partial charge in [-0.3, -0.25) is 9.59 Å². The van der Waals surface area contributed by atoms with E-state index in [1.54, 1.807) is 0 Å². The summed E-state index contributed by atoms with van der Waals surface area (Å²) in [5, 5.41) is 1.20. The molecule has 0 bridgehead atoms. The van der Waals surface area contributed by atoms with Crippen LogP contribution in [0.2, 0.25) is 0 Å². The lowest BCUT2D eigenvalue weighted by Crippen LogP contribution is -2.40. The van der Waals surface area contributed by atoms with Crippen molar-refractivity contribution in [3.05, 3.63) is 20.8 Å². The Balaban J connectivity index is 1.72. The van der Waals surface area contributed by atoms with E-state index in [1.165, 1.54) is 29.5 Å². The largest absolute Gasteiger partial charge is 0.342 e. The van der Waals surface area contributed by atoms with Crippen LogP contribution in [0.4, 0.5) is 0 Å². The van der Waals surface area contributed by atoms with Crippen molar-refractivity contribution in [3.8, 4) is 0 Å². The Morgan fingerprint density at radius 3 is 3.00 bits per heavy atom. The van der Waals surface area contributed by atoms with Gasteiger partial charge in [0.25, 0.3) is 5.56 Å². The molecule has 3 heterocycles. The average Bonchev–Trinajstić information content (AvgIpc) is 2.80. The van der Waals surface area contributed by atoms with Crippen molar-refractivity contribution >= 4 is 39.2 Å². The summed E-state index contributed by atoms with van der Waals surface area (Å²) in [6.07, 6.45) is 2.27. The molecule has 0 radical (unpaired) electrons. The molecule has 23 heavy (non-hydrogen) atoms. The number of aromatic nitrogens is 2. The highest BCUT2D eigenvalue weighted by atomic mass is 32.2. The minimum absolute atomic E-state index is 0.113. The van der Waals surface area contributed by atoms with E-state index in [1.807, 2.05) is 18.7 Å². The van der Waals surface area contributed by atoms with Gasteiger partial charge in [0.1, 0.15) is 4.83 Å². The Morgan fingerprint density at radius 2 is 2.26 bits per heavy atom. The van der Waals surface area contributed by atoms with Gasteiger partial charge in [-0.05, 0) is 38.2 Å². The Labute approximate surface area is 143 Å². The van der Waals surface area contributed by atoms with Gasteiger partial charge in [0.15, 0.2) is 5.16 Å². The molecule has 0 unspecified atom stereocenters. The monoisotopic (exact) mass is 351 g/mol. The summed E-state index contributed by atoms with van der Waals surface area (Å²) in [4.78, 5) is 35.6. The second-order valence-corrected chi connectivity index (χ2v) is 8.38. The van der Waals surface area contributed by atoms with Crippen molar-refractivity contribution in [1.82, 2.24) is 14.9 Å². The Morgan fingerprint density at radius 1 is 1.48 bits per heavy atom. The predicted octanol–water partition coefficient (Wildman–Crippen LogP) is 2.95. The number of hydrogen-bond acceptors (Lipinski definition) is 5. The molecule has 3 rings (SSSR count). The molecule has 1 fully saturated rings. The van der Waals surface area contributed by atoms with E-state index in [-0.39, 0.29) is 11.5 Å². The van der Waals surface area contributed by atoms with Crippen LogP contribution in [0, 0.1) is 19.8 Å². The number of aryl methyl sites for hydroxylation is 2. The third-order valence-corrected chi connectivity index (χ3v) is 6.32. The standard InChI is InChI=1S/C16H21N3O2S2/c1-9-5-4-6-19(7-9)12(20)8-22-16-17-14(21)13-10(2)11(3)23-15(13)18-16/h9H,4-8H2,1-3H3,(H,17,18,21)/t9-/m0/s1. The topological polar surface area (TPSA) is 66.1 Å². The number of amides is 1. The summed E-state index contributed by atoms with van der Waals surface area (Å²) in [6, 6.07) is 0.